The van der Waals surface area contributed by atoms with Crippen molar-refractivity contribution in [3.63, 3.8) is 0 Å². The van der Waals surface area contributed by atoms with Gasteiger partial charge in [0.2, 0.25) is 0 Å². The molecular weight excluding hydrogens is 310 g/mol. The van der Waals surface area contributed by atoms with Gasteiger partial charge in [0.25, 0.3) is 5.91 Å². The SMILES string of the molecule is Cc1ccc(NC(=O)c2ccc(O)cc2O)cc1Br. The lowest BCUT2D eigenvalue weighted by atomic mass is 10.1. The lowest BCUT2D eigenvalue weighted by Crippen LogP contribution is -2.12. The third kappa shape index (κ3) is 3.06. The maximum Gasteiger partial charge on any atom is 0.259 e. The van der Waals surface area contributed by atoms with Gasteiger partial charge in [0.05, 0.1) is 5.56 Å². The van der Waals surface area contributed by atoms with Crippen molar-refractivity contribution in [1.29, 1.82) is 0 Å². The van der Waals surface area contributed by atoms with Crippen molar-refractivity contribution >= 4 is 27.5 Å². The molecule has 0 aliphatic heterocycles. The Balaban J connectivity index is 2.23. The zero-order valence-electron chi connectivity index (χ0n) is 10.1. The van der Waals surface area contributed by atoms with Gasteiger partial charge < -0.3 is 15.5 Å². The van der Waals surface area contributed by atoms with Gasteiger partial charge in [0, 0.05) is 16.2 Å². The van der Waals surface area contributed by atoms with Gasteiger partial charge in [-0.1, -0.05) is 22.0 Å². The van der Waals surface area contributed by atoms with Crippen LogP contribution in [0.25, 0.3) is 0 Å². The molecule has 0 bridgehead atoms. The lowest BCUT2D eigenvalue weighted by Gasteiger charge is -2.08. The van der Waals surface area contributed by atoms with Gasteiger partial charge in [-0.05, 0) is 36.8 Å². The van der Waals surface area contributed by atoms with Crippen LogP contribution in [0.15, 0.2) is 40.9 Å². The molecule has 0 heterocycles. The van der Waals surface area contributed by atoms with E-state index in [0.29, 0.717) is 5.69 Å². The molecule has 0 spiro atoms. The highest BCUT2D eigenvalue weighted by Crippen LogP contribution is 2.25. The average molecular weight is 322 g/mol. The zero-order chi connectivity index (χ0) is 14.0. The number of halogens is 1. The molecule has 0 saturated heterocycles. The first-order valence-electron chi connectivity index (χ1n) is 5.57. The Bertz CT molecular complexity index is 641. The quantitative estimate of drug-likeness (QED) is 0.793. The molecule has 0 aliphatic carbocycles. The Kier molecular flexibility index (Phi) is 3.76. The summed E-state index contributed by atoms with van der Waals surface area (Å²) in [7, 11) is 0. The Labute approximate surface area is 118 Å². The summed E-state index contributed by atoms with van der Waals surface area (Å²) in [6, 6.07) is 9.26. The van der Waals surface area contributed by atoms with Crippen LogP contribution in [0.2, 0.25) is 0 Å². The van der Waals surface area contributed by atoms with Crippen LogP contribution in [-0.2, 0) is 0 Å². The van der Waals surface area contributed by atoms with E-state index in [1.807, 2.05) is 13.0 Å². The first kappa shape index (κ1) is 13.4. The van der Waals surface area contributed by atoms with E-state index >= 15 is 0 Å². The van der Waals surface area contributed by atoms with E-state index in [-0.39, 0.29) is 17.1 Å². The number of hydrogen-bond donors (Lipinski definition) is 3. The van der Waals surface area contributed by atoms with Crippen molar-refractivity contribution in [1.82, 2.24) is 0 Å². The number of benzene rings is 2. The maximum atomic E-state index is 12.0. The molecule has 0 unspecified atom stereocenters. The van der Waals surface area contributed by atoms with E-state index in [1.165, 1.54) is 12.1 Å². The first-order valence-corrected chi connectivity index (χ1v) is 6.36. The highest BCUT2D eigenvalue weighted by Gasteiger charge is 2.12. The molecule has 0 aliphatic rings. The summed E-state index contributed by atoms with van der Waals surface area (Å²) < 4.78 is 0.889. The number of phenols is 2. The number of rotatable bonds is 2. The zero-order valence-corrected chi connectivity index (χ0v) is 11.7. The third-order valence-electron chi connectivity index (χ3n) is 2.66. The molecule has 4 nitrogen and oxygen atoms in total. The number of amides is 1. The van der Waals surface area contributed by atoms with Gasteiger partial charge in [-0.15, -0.1) is 0 Å². The fraction of sp³-hybridized carbons (Fsp3) is 0.0714. The molecular formula is C14H12BrNO3. The summed E-state index contributed by atoms with van der Waals surface area (Å²) in [4.78, 5) is 12.0. The highest BCUT2D eigenvalue weighted by atomic mass is 79.9. The Hall–Kier alpha value is -2.01. The smallest absolute Gasteiger partial charge is 0.259 e. The molecule has 0 saturated carbocycles. The summed E-state index contributed by atoms with van der Waals surface area (Å²) in [6.45, 7) is 1.95. The van der Waals surface area contributed by atoms with Crippen molar-refractivity contribution in [3.05, 3.63) is 52.0 Å². The van der Waals surface area contributed by atoms with Gasteiger partial charge in [0.1, 0.15) is 11.5 Å². The first-order chi connectivity index (χ1) is 8.97. The summed E-state index contributed by atoms with van der Waals surface area (Å²) in [6.07, 6.45) is 0. The molecule has 0 aromatic heterocycles. The van der Waals surface area contributed by atoms with Gasteiger partial charge in [0.15, 0.2) is 0 Å². The van der Waals surface area contributed by atoms with Crippen molar-refractivity contribution in [2.24, 2.45) is 0 Å². The molecule has 2 aromatic carbocycles. The minimum absolute atomic E-state index is 0.0906. The van der Waals surface area contributed by atoms with Crippen LogP contribution in [-0.4, -0.2) is 16.1 Å². The second kappa shape index (κ2) is 5.32. The standard InChI is InChI=1S/C14H12BrNO3/c1-8-2-3-9(6-12(8)15)16-14(19)11-5-4-10(17)7-13(11)18/h2-7,17-18H,1H3,(H,16,19). The molecule has 5 heteroatoms. The monoisotopic (exact) mass is 321 g/mol. The number of carbonyl (C=O) groups is 1. The minimum atomic E-state index is -0.437. The van der Waals surface area contributed by atoms with E-state index < -0.39 is 5.91 Å². The van der Waals surface area contributed by atoms with Crippen molar-refractivity contribution < 1.29 is 15.0 Å². The number of anilines is 1. The Morgan fingerprint density at radius 1 is 1.16 bits per heavy atom. The van der Waals surface area contributed by atoms with Gasteiger partial charge >= 0.3 is 0 Å². The maximum absolute atomic E-state index is 12.0. The van der Waals surface area contributed by atoms with E-state index in [1.54, 1.807) is 12.1 Å². The number of aryl methyl sites for hydroxylation is 1. The van der Waals surface area contributed by atoms with Crippen LogP contribution >= 0.6 is 15.9 Å². The second-order valence-electron chi connectivity index (χ2n) is 4.12. The summed E-state index contributed by atoms with van der Waals surface area (Å²) in [5.74, 6) is -0.788. The average Bonchev–Trinajstić information content (AvgIpc) is 2.33. The summed E-state index contributed by atoms with van der Waals surface area (Å²) >= 11 is 3.38. The number of hydrogen-bond acceptors (Lipinski definition) is 3. The molecule has 1 amide bonds. The molecule has 3 N–H and O–H groups in total. The number of nitrogens with one attached hydrogen (secondary N) is 1. The topological polar surface area (TPSA) is 69.6 Å². The molecule has 98 valence electrons. The van der Waals surface area contributed by atoms with Crippen LogP contribution in [0.5, 0.6) is 11.5 Å². The second-order valence-corrected chi connectivity index (χ2v) is 4.97. The summed E-state index contributed by atoms with van der Waals surface area (Å²) in [5.41, 5.74) is 1.79. The molecule has 0 radical (unpaired) electrons. The molecule has 2 aromatic rings. The predicted octanol–water partition coefficient (Wildman–Crippen LogP) is 3.42. The fourth-order valence-corrected chi connectivity index (χ4v) is 1.96. The normalized spacial score (nSPS) is 10.2. The molecule has 2 rings (SSSR count). The van der Waals surface area contributed by atoms with E-state index in [9.17, 15) is 15.0 Å². The van der Waals surface area contributed by atoms with Crippen molar-refractivity contribution in [3.8, 4) is 11.5 Å². The van der Waals surface area contributed by atoms with E-state index in [0.717, 1.165) is 16.1 Å². The summed E-state index contributed by atoms with van der Waals surface area (Å²) in [5, 5.41) is 21.5. The molecule has 0 atom stereocenters. The molecule has 0 fully saturated rings. The fourth-order valence-electron chi connectivity index (χ4n) is 1.58. The predicted molar refractivity (Wildman–Crippen MR) is 76.6 cm³/mol. The van der Waals surface area contributed by atoms with Crippen LogP contribution in [0.4, 0.5) is 5.69 Å². The molecule has 19 heavy (non-hydrogen) atoms. The van der Waals surface area contributed by atoms with E-state index in [2.05, 4.69) is 21.2 Å². The van der Waals surface area contributed by atoms with Crippen LogP contribution in [0, 0.1) is 6.92 Å². The lowest BCUT2D eigenvalue weighted by molar-refractivity contribution is 0.102. The van der Waals surface area contributed by atoms with Crippen LogP contribution in [0.3, 0.4) is 0 Å². The minimum Gasteiger partial charge on any atom is -0.508 e. The van der Waals surface area contributed by atoms with Crippen LogP contribution in [0.1, 0.15) is 15.9 Å². The van der Waals surface area contributed by atoms with Crippen molar-refractivity contribution in [2.75, 3.05) is 5.32 Å². The van der Waals surface area contributed by atoms with Gasteiger partial charge in [-0.25, -0.2) is 0 Å². The van der Waals surface area contributed by atoms with E-state index in [4.69, 9.17) is 0 Å². The number of phenolic OH excluding ortho intramolecular Hbond substituents is 2. The highest BCUT2D eigenvalue weighted by molar-refractivity contribution is 9.10. The third-order valence-corrected chi connectivity index (χ3v) is 3.51. The number of aromatic hydroxyl groups is 2. The number of carbonyl (C=O) groups excluding carboxylic acids is 1. The largest absolute Gasteiger partial charge is 0.508 e. The van der Waals surface area contributed by atoms with Crippen molar-refractivity contribution in [2.45, 2.75) is 6.92 Å². The Morgan fingerprint density at radius 3 is 2.53 bits per heavy atom. The van der Waals surface area contributed by atoms with Crippen LogP contribution < -0.4 is 5.32 Å². The Morgan fingerprint density at radius 2 is 1.89 bits per heavy atom. The van der Waals surface area contributed by atoms with Gasteiger partial charge in [-0.3, -0.25) is 4.79 Å². The van der Waals surface area contributed by atoms with Gasteiger partial charge in [-0.2, -0.15) is 0 Å².